The second kappa shape index (κ2) is 4.65. The van der Waals surface area contributed by atoms with Gasteiger partial charge < -0.3 is 15.7 Å². The summed E-state index contributed by atoms with van der Waals surface area (Å²) in [5.74, 6) is 1.46. The second-order valence-electron chi connectivity index (χ2n) is 4.34. The number of rotatable bonds is 6. The minimum atomic E-state index is 0.271. The van der Waals surface area contributed by atoms with Crippen molar-refractivity contribution in [2.75, 3.05) is 30.8 Å². The molecule has 1 heterocycles. The summed E-state index contributed by atoms with van der Waals surface area (Å²) in [5, 5.41) is 15.2. The number of aliphatic hydroxyl groups excluding tert-OH is 1. The molecule has 0 atom stereocenters. The lowest BCUT2D eigenvalue weighted by Gasteiger charge is -2.15. The van der Waals surface area contributed by atoms with Crippen molar-refractivity contribution in [3.8, 4) is 0 Å². The number of aromatic nitrogens is 2. The van der Waals surface area contributed by atoms with Crippen LogP contribution in [-0.4, -0.2) is 35.3 Å². The van der Waals surface area contributed by atoms with E-state index in [2.05, 4.69) is 20.6 Å². The molecule has 1 aliphatic carbocycles. The molecule has 0 amide bonds. The summed E-state index contributed by atoms with van der Waals surface area (Å²) in [4.78, 5) is 8.34. The molecule has 88 valence electrons. The van der Waals surface area contributed by atoms with Gasteiger partial charge in [-0.15, -0.1) is 0 Å². The minimum absolute atomic E-state index is 0.271. The molecule has 1 saturated carbocycles. The summed E-state index contributed by atoms with van der Waals surface area (Å²) in [6.07, 6.45) is 5.01. The van der Waals surface area contributed by atoms with Crippen molar-refractivity contribution in [1.82, 2.24) is 9.97 Å². The second-order valence-corrected chi connectivity index (χ2v) is 4.34. The van der Waals surface area contributed by atoms with Crippen LogP contribution in [-0.2, 0) is 0 Å². The lowest BCUT2D eigenvalue weighted by atomic mass is 10.0. The molecule has 0 aliphatic heterocycles. The zero-order valence-electron chi connectivity index (χ0n) is 9.53. The monoisotopic (exact) mass is 222 g/mol. The number of anilines is 2. The maximum Gasteiger partial charge on any atom is 0.224 e. The largest absolute Gasteiger partial charge is 0.396 e. The maximum atomic E-state index is 8.96. The van der Waals surface area contributed by atoms with E-state index in [-0.39, 0.29) is 6.61 Å². The van der Waals surface area contributed by atoms with Crippen molar-refractivity contribution >= 4 is 11.8 Å². The fourth-order valence-electron chi connectivity index (χ4n) is 1.78. The van der Waals surface area contributed by atoms with E-state index in [1.54, 1.807) is 13.2 Å². The zero-order valence-corrected chi connectivity index (χ0v) is 9.53. The first-order chi connectivity index (χ1) is 7.78. The SMILES string of the molecule is CNc1nccc(NCC2(CCO)CC2)n1. The van der Waals surface area contributed by atoms with Crippen molar-refractivity contribution in [2.24, 2.45) is 5.41 Å². The summed E-state index contributed by atoms with van der Waals surface area (Å²) >= 11 is 0. The summed E-state index contributed by atoms with van der Waals surface area (Å²) in [6.45, 7) is 1.15. The molecule has 1 aromatic heterocycles. The van der Waals surface area contributed by atoms with Gasteiger partial charge in [-0.05, 0) is 30.7 Å². The van der Waals surface area contributed by atoms with E-state index in [9.17, 15) is 0 Å². The number of hydrogen-bond donors (Lipinski definition) is 3. The lowest BCUT2D eigenvalue weighted by Crippen LogP contribution is -2.17. The first kappa shape index (κ1) is 11.1. The number of hydrogen-bond acceptors (Lipinski definition) is 5. The highest BCUT2D eigenvalue weighted by atomic mass is 16.3. The van der Waals surface area contributed by atoms with Crippen LogP contribution in [0, 0.1) is 5.41 Å². The van der Waals surface area contributed by atoms with Crippen LogP contribution in [0.2, 0.25) is 0 Å². The fraction of sp³-hybridized carbons (Fsp3) is 0.636. The van der Waals surface area contributed by atoms with Gasteiger partial charge in [-0.1, -0.05) is 0 Å². The molecule has 1 aromatic rings. The molecule has 0 aromatic carbocycles. The van der Waals surface area contributed by atoms with E-state index < -0.39 is 0 Å². The van der Waals surface area contributed by atoms with E-state index in [1.807, 2.05) is 6.07 Å². The molecule has 5 heteroatoms. The Balaban J connectivity index is 1.89. The van der Waals surface area contributed by atoms with Crippen molar-refractivity contribution in [3.05, 3.63) is 12.3 Å². The van der Waals surface area contributed by atoms with Crippen molar-refractivity contribution in [3.63, 3.8) is 0 Å². The fourth-order valence-corrected chi connectivity index (χ4v) is 1.78. The Morgan fingerprint density at radius 2 is 2.31 bits per heavy atom. The number of nitrogens with zero attached hydrogens (tertiary/aromatic N) is 2. The van der Waals surface area contributed by atoms with E-state index >= 15 is 0 Å². The van der Waals surface area contributed by atoms with E-state index in [4.69, 9.17) is 5.11 Å². The van der Waals surface area contributed by atoms with Crippen LogP contribution in [0.4, 0.5) is 11.8 Å². The van der Waals surface area contributed by atoms with Gasteiger partial charge in [0, 0.05) is 26.4 Å². The molecule has 0 bridgehead atoms. The lowest BCUT2D eigenvalue weighted by molar-refractivity contribution is 0.253. The average Bonchev–Trinajstić information content (AvgIpc) is 3.08. The predicted octanol–water partition coefficient (Wildman–Crippen LogP) is 1.09. The van der Waals surface area contributed by atoms with Gasteiger partial charge in [0.25, 0.3) is 0 Å². The zero-order chi connectivity index (χ0) is 11.4. The molecule has 3 N–H and O–H groups in total. The molecule has 2 rings (SSSR count). The molecule has 5 nitrogen and oxygen atoms in total. The highest BCUT2D eigenvalue weighted by molar-refractivity contribution is 5.39. The maximum absolute atomic E-state index is 8.96. The van der Waals surface area contributed by atoms with Gasteiger partial charge in [0.05, 0.1) is 0 Å². The standard InChI is InChI=1S/C11H18N4O/c1-12-10-13-6-2-9(15-10)14-8-11(3-4-11)5-7-16/h2,6,16H,3-5,7-8H2,1H3,(H2,12,13,14,15). The summed E-state index contributed by atoms with van der Waals surface area (Å²) in [5.41, 5.74) is 0.305. The molecular formula is C11H18N4O. The van der Waals surface area contributed by atoms with E-state index in [0.717, 1.165) is 18.8 Å². The third kappa shape index (κ3) is 2.61. The summed E-state index contributed by atoms with van der Waals surface area (Å²) in [7, 11) is 1.80. The van der Waals surface area contributed by atoms with Crippen LogP contribution in [0.3, 0.4) is 0 Å². The Kier molecular flexibility index (Phi) is 3.24. The number of aliphatic hydroxyl groups is 1. The molecule has 16 heavy (non-hydrogen) atoms. The van der Waals surface area contributed by atoms with E-state index in [0.29, 0.717) is 11.4 Å². The number of nitrogens with one attached hydrogen (secondary N) is 2. The normalized spacial score (nSPS) is 16.9. The van der Waals surface area contributed by atoms with Gasteiger partial charge in [0.1, 0.15) is 5.82 Å². The molecule has 0 spiro atoms. The van der Waals surface area contributed by atoms with Gasteiger partial charge in [-0.25, -0.2) is 4.98 Å². The summed E-state index contributed by atoms with van der Waals surface area (Å²) < 4.78 is 0. The highest BCUT2D eigenvalue weighted by Crippen LogP contribution is 2.48. The van der Waals surface area contributed by atoms with Crippen LogP contribution in [0.15, 0.2) is 12.3 Å². The first-order valence-electron chi connectivity index (χ1n) is 5.64. The predicted molar refractivity (Wildman–Crippen MR) is 63.4 cm³/mol. The Hall–Kier alpha value is -1.36. The molecular weight excluding hydrogens is 204 g/mol. The van der Waals surface area contributed by atoms with Crippen LogP contribution in [0.25, 0.3) is 0 Å². The van der Waals surface area contributed by atoms with Gasteiger partial charge in [-0.3, -0.25) is 0 Å². The third-order valence-corrected chi connectivity index (χ3v) is 3.12. The molecule has 0 unspecified atom stereocenters. The Morgan fingerprint density at radius 1 is 1.50 bits per heavy atom. The minimum Gasteiger partial charge on any atom is -0.396 e. The smallest absolute Gasteiger partial charge is 0.224 e. The van der Waals surface area contributed by atoms with Crippen LogP contribution in [0.1, 0.15) is 19.3 Å². The average molecular weight is 222 g/mol. The topological polar surface area (TPSA) is 70.1 Å². The van der Waals surface area contributed by atoms with E-state index in [1.165, 1.54) is 12.8 Å². The van der Waals surface area contributed by atoms with Crippen LogP contribution < -0.4 is 10.6 Å². The Bertz CT molecular complexity index is 352. The highest BCUT2D eigenvalue weighted by Gasteiger charge is 2.41. The Labute approximate surface area is 95.3 Å². The van der Waals surface area contributed by atoms with Crippen LogP contribution >= 0.6 is 0 Å². The summed E-state index contributed by atoms with van der Waals surface area (Å²) in [6, 6.07) is 1.86. The first-order valence-corrected chi connectivity index (χ1v) is 5.64. The van der Waals surface area contributed by atoms with Crippen molar-refractivity contribution < 1.29 is 5.11 Å². The molecule has 0 saturated heterocycles. The van der Waals surface area contributed by atoms with Crippen LogP contribution in [0.5, 0.6) is 0 Å². The van der Waals surface area contributed by atoms with Gasteiger partial charge in [0.2, 0.25) is 5.95 Å². The van der Waals surface area contributed by atoms with Gasteiger partial charge >= 0.3 is 0 Å². The third-order valence-electron chi connectivity index (χ3n) is 3.12. The van der Waals surface area contributed by atoms with Gasteiger partial charge in [0.15, 0.2) is 0 Å². The molecule has 1 fully saturated rings. The van der Waals surface area contributed by atoms with Crippen molar-refractivity contribution in [1.29, 1.82) is 0 Å². The van der Waals surface area contributed by atoms with Gasteiger partial charge in [-0.2, -0.15) is 4.98 Å². The molecule has 1 aliphatic rings. The van der Waals surface area contributed by atoms with Crippen molar-refractivity contribution in [2.45, 2.75) is 19.3 Å². The Morgan fingerprint density at radius 3 is 2.94 bits per heavy atom. The molecule has 0 radical (unpaired) electrons. The quantitative estimate of drug-likeness (QED) is 0.672.